The molecule has 1 saturated carbocycles. The van der Waals surface area contributed by atoms with Gasteiger partial charge in [0.05, 0.1) is 6.54 Å². The molecule has 2 aromatic rings. The first kappa shape index (κ1) is 23.8. The minimum atomic E-state index is -0.0440. The summed E-state index contributed by atoms with van der Waals surface area (Å²) in [4.78, 5) is 19.2. The molecule has 0 aromatic heterocycles. The van der Waals surface area contributed by atoms with Crippen LogP contribution in [0.2, 0.25) is 0 Å². The molecule has 1 amide bonds. The number of benzene rings is 2. The Kier molecular flexibility index (Phi) is 8.68. The average Bonchev–Trinajstić information content (AvgIpc) is 2.77. The smallest absolute Gasteiger partial charge is 0.251 e. The number of nitrogens with zero attached hydrogens (tertiary/aromatic N) is 2. The van der Waals surface area contributed by atoms with E-state index >= 15 is 0 Å². The molecule has 0 saturated heterocycles. The summed E-state index contributed by atoms with van der Waals surface area (Å²) in [6.07, 6.45) is 3.68. The maximum atomic E-state index is 12.4. The number of carbonyl (C=O) groups is 1. The lowest BCUT2D eigenvalue weighted by atomic mass is 9.64. The van der Waals surface area contributed by atoms with Gasteiger partial charge in [-0.25, -0.2) is 4.99 Å². The Morgan fingerprint density at radius 2 is 1.81 bits per heavy atom. The molecule has 0 aliphatic heterocycles. The van der Waals surface area contributed by atoms with Crippen LogP contribution < -0.4 is 16.0 Å². The van der Waals surface area contributed by atoms with Crippen LogP contribution in [-0.4, -0.2) is 57.0 Å². The summed E-state index contributed by atoms with van der Waals surface area (Å²) < 4.78 is 0. The van der Waals surface area contributed by atoms with Crippen LogP contribution in [-0.2, 0) is 12.0 Å². The van der Waals surface area contributed by atoms with Crippen molar-refractivity contribution in [2.75, 3.05) is 40.3 Å². The molecule has 1 aliphatic rings. The van der Waals surface area contributed by atoms with Crippen LogP contribution in [0.5, 0.6) is 0 Å². The lowest BCUT2D eigenvalue weighted by Crippen LogP contribution is -2.48. The fourth-order valence-corrected chi connectivity index (χ4v) is 4.03. The Morgan fingerprint density at radius 1 is 1.03 bits per heavy atom. The zero-order valence-corrected chi connectivity index (χ0v) is 19.7. The van der Waals surface area contributed by atoms with E-state index in [0.29, 0.717) is 18.7 Å². The summed E-state index contributed by atoms with van der Waals surface area (Å²) in [6.45, 7) is 5.72. The predicted molar refractivity (Wildman–Crippen MR) is 132 cm³/mol. The standard InChI is InChI=1S/C26H37N5O/c1-4-27-25(30-20-26(14-9-15-26)23-12-6-5-7-13-23)29-19-21-10-8-11-22(18-21)24(32)28-16-17-31(2)3/h5-8,10-13,18H,4,9,14-17,19-20H2,1-3H3,(H,28,32)(H2,27,29,30). The van der Waals surface area contributed by atoms with Crippen molar-refractivity contribution >= 4 is 11.9 Å². The van der Waals surface area contributed by atoms with Crippen molar-refractivity contribution in [3.05, 3.63) is 71.3 Å². The van der Waals surface area contributed by atoms with E-state index in [1.54, 1.807) is 0 Å². The third kappa shape index (κ3) is 6.57. The number of hydrogen-bond donors (Lipinski definition) is 3. The number of amides is 1. The van der Waals surface area contributed by atoms with Crippen molar-refractivity contribution in [1.29, 1.82) is 0 Å². The molecular weight excluding hydrogens is 398 g/mol. The van der Waals surface area contributed by atoms with E-state index in [9.17, 15) is 4.79 Å². The molecule has 0 spiro atoms. The number of guanidine groups is 1. The number of aliphatic imine (C=N–C) groups is 1. The van der Waals surface area contributed by atoms with Crippen molar-refractivity contribution in [3.8, 4) is 0 Å². The van der Waals surface area contributed by atoms with E-state index in [2.05, 4.69) is 53.2 Å². The van der Waals surface area contributed by atoms with Crippen LogP contribution in [0, 0.1) is 0 Å². The summed E-state index contributed by atoms with van der Waals surface area (Å²) >= 11 is 0. The predicted octanol–water partition coefficient (Wildman–Crippen LogP) is 3.16. The van der Waals surface area contributed by atoms with Gasteiger partial charge in [-0.1, -0.05) is 48.9 Å². The third-order valence-electron chi connectivity index (χ3n) is 6.09. The Labute approximate surface area is 192 Å². The topological polar surface area (TPSA) is 68.8 Å². The first-order valence-electron chi connectivity index (χ1n) is 11.6. The molecule has 0 heterocycles. The average molecular weight is 436 g/mol. The minimum Gasteiger partial charge on any atom is -0.357 e. The van der Waals surface area contributed by atoms with Crippen LogP contribution in [0.4, 0.5) is 0 Å². The van der Waals surface area contributed by atoms with Gasteiger partial charge in [-0.05, 0) is 57.1 Å². The van der Waals surface area contributed by atoms with Crippen LogP contribution in [0.3, 0.4) is 0 Å². The van der Waals surface area contributed by atoms with Crippen molar-refractivity contribution in [2.24, 2.45) is 4.99 Å². The van der Waals surface area contributed by atoms with E-state index < -0.39 is 0 Å². The summed E-state index contributed by atoms with van der Waals surface area (Å²) in [7, 11) is 3.99. The molecule has 0 radical (unpaired) electrons. The van der Waals surface area contributed by atoms with Gasteiger partial charge in [0.25, 0.3) is 5.91 Å². The fourth-order valence-electron chi connectivity index (χ4n) is 4.03. The molecule has 6 heteroatoms. The number of nitrogens with one attached hydrogen (secondary N) is 3. The fraction of sp³-hybridized carbons (Fsp3) is 0.462. The Bertz CT molecular complexity index is 890. The van der Waals surface area contributed by atoms with E-state index in [-0.39, 0.29) is 11.3 Å². The maximum absolute atomic E-state index is 12.4. The quantitative estimate of drug-likeness (QED) is 0.396. The van der Waals surface area contributed by atoms with Crippen molar-refractivity contribution < 1.29 is 4.79 Å². The zero-order chi connectivity index (χ0) is 22.8. The molecule has 1 aliphatic carbocycles. The Hall–Kier alpha value is -2.86. The van der Waals surface area contributed by atoms with Gasteiger partial charge < -0.3 is 20.9 Å². The van der Waals surface area contributed by atoms with E-state index in [1.807, 2.05) is 43.3 Å². The summed E-state index contributed by atoms with van der Waals surface area (Å²) in [6, 6.07) is 18.5. The number of carbonyl (C=O) groups excluding carboxylic acids is 1. The van der Waals surface area contributed by atoms with Gasteiger partial charge in [-0.2, -0.15) is 0 Å². The first-order chi connectivity index (χ1) is 15.5. The highest BCUT2D eigenvalue weighted by Gasteiger charge is 2.38. The highest BCUT2D eigenvalue weighted by Crippen LogP contribution is 2.43. The van der Waals surface area contributed by atoms with Gasteiger partial charge in [0.15, 0.2) is 5.96 Å². The van der Waals surface area contributed by atoms with Crippen molar-refractivity contribution in [2.45, 2.75) is 38.1 Å². The maximum Gasteiger partial charge on any atom is 0.251 e. The number of hydrogen-bond acceptors (Lipinski definition) is 3. The van der Waals surface area contributed by atoms with Gasteiger partial charge in [0.1, 0.15) is 0 Å². The second kappa shape index (κ2) is 11.7. The van der Waals surface area contributed by atoms with Crippen molar-refractivity contribution in [3.63, 3.8) is 0 Å². The largest absolute Gasteiger partial charge is 0.357 e. The monoisotopic (exact) mass is 435 g/mol. The molecule has 3 rings (SSSR count). The number of rotatable bonds is 10. The van der Waals surface area contributed by atoms with E-state index in [1.165, 1.54) is 24.8 Å². The van der Waals surface area contributed by atoms with Gasteiger partial charge in [0.2, 0.25) is 0 Å². The first-order valence-corrected chi connectivity index (χ1v) is 11.6. The second-order valence-electron chi connectivity index (χ2n) is 8.81. The van der Waals surface area contributed by atoms with Crippen LogP contribution >= 0.6 is 0 Å². The number of likely N-dealkylation sites (N-methyl/N-ethyl adjacent to an activating group) is 1. The van der Waals surface area contributed by atoms with Gasteiger partial charge >= 0.3 is 0 Å². The molecule has 2 aromatic carbocycles. The molecule has 0 bridgehead atoms. The molecule has 32 heavy (non-hydrogen) atoms. The Balaban J connectivity index is 1.61. The molecule has 172 valence electrons. The van der Waals surface area contributed by atoms with E-state index in [0.717, 1.165) is 31.2 Å². The van der Waals surface area contributed by atoms with Crippen molar-refractivity contribution in [1.82, 2.24) is 20.9 Å². The SMILES string of the molecule is CCNC(=NCc1cccc(C(=O)NCCN(C)C)c1)NCC1(c2ccccc2)CCC1. The Morgan fingerprint density at radius 3 is 2.47 bits per heavy atom. The molecule has 6 nitrogen and oxygen atoms in total. The normalized spacial score (nSPS) is 15.2. The van der Waals surface area contributed by atoms with Crippen LogP contribution in [0.1, 0.15) is 47.7 Å². The van der Waals surface area contributed by atoms with E-state index in [4.69, 9.17) is 4.99 Å². The van der Waals surface area contributed by atoms with Crippen LogP contribution in [0.15, 0.2) is 59.6 Å². The summed E-state index contributed by atoms with van der Waals surface area (Å²) in [5, 5.41) is 9.89. The molecular formula is C26H37N5O. The van der Waals surface area contributed by atoms with Crippen LogP contribution in [0.25, 0.3) is 0 Å². The molecule has 3 N–H and O–H groups in total. The van der Waals surface area contributed by atoms with Gasteiger partial charge in [0, 0.05) is 37.2 Å². The van der Waals surface area contributed by atoms with Gasteiger partial charge in [-0.3, -0.25) is 4.79 Å². The zero-order valence-electron chi connectivity index (χ0n) is 19.7. The third-order valence-corrected chi connectivity index (χ3v) is 6.09. The summed E-state index contributed by atoms with van der Waals surface area (Å²) in [5.41, 5.74) is 3.29. The van der Waals surface area contributed by atoms with Gasteiger partial charge in [-0.15, -0.1) is 0 Å². The highest BCUT2D eigenvalue weighted by atomic mass is 16.1. The molecule has 1 fully saturated rings. The summed E-state index contributed by atoms with van der Waals surface area (Å²) in [5.74, 6) is 0.771. The lowest BCUT2D eigenvalue weighted by molar-refractivity contribution is 0.0951. The highest BCUT2D eigenvalue weighted by molar-refractivity contribution is 5.94. The molecule has 0 atom stereocenters. The molecule has 0 unspecified atom stereocenters. The lowest BCUT2D eigenvalue weighted by Gasteiger charge is -2.43. The minimum absolute atomic E-state index is 0.0440. The second-order valence-corrected chi connectivity index (χ2v) is 8.81.